The van der Waals surface area contributed by atoms with Crippen molar-refractivity contribution in [3.63, 3.8) is 0 Å². The van der Waals surface area contributed by atoms with Crippen molar-refractivity contribution in [1.29, 1.82) is 0 Å². The Morgan fingerprint density at radius 1 is 1.47 bits per heavy atom. The molecule has 1 aromatic heterocycles. The highest BCUT2D eigenvalue weighted by molar-refractivity contribution is 6.31. The number of aromatic hydroxyl groups is 1. The average molecular weight is 258 g/mol. The largest absolute Gasteiger partial charge is 0.507 e. The lowest BCUT2D eigenvalue weighted by atomic mass is 10.1. The maximum atomic E-state index is 13.6. The number of phenols is 1. The topological polar surface area (TPSA) is 83.6 Å². The van der Waals surface area contributed by atoms with Crippen LogP contribution >= 0.6 is 11.6 Å². The number of phenolic OH excluding ortho intramolecular Hbond substituents is 1. The summed E-state index contributed by atoms with van der Waals surface area (Å²) in [5, 5.41) is 21.1. The normalized spacial score (nSPS) is 10.5. The maximum Gasteiger partial charge on any atom is 0.358 e. The molecule has 0 bridgehead atoms. The fourth-order valence-corrected chi connectivity index (χ4v) is 1.43. The van der Waals surface area contributed by atoms with Crippen LogP contribution in [0.3, 0.4) is 0 Å². The standard InChI is InChI=1S/C10H5ClFNO4/c11-4-1-2-6(14)8(9(4)12)7-3-5(10(15)16)13-17-7/h1-3,14H,(H,15,16). The highest BCUT2D eigenvalue weighted by Gasteiger charge is 2.20. The number of hydrogen-bond donors (Lipinski definition) is 2. The molecule has 0 fully saturated rings. The number of hydrogen-bond acceptors (Lipinski definition) is 4. The number of carbonyl (C=O) groups is 1. The zero-order valence-corrected chi connectivity index (χ0v) is 8.90. The number of halogens is 2. The molecule has 1 aromatic carbocycles. The van der Waals surface area contributed by atoms with E-state index in [1.807, 2.05) is 0 Å². The molecular weight excluding hydrogens is 253 g/mol. The molecule has 2 aromatic rings. The van der Waals surface area contributed by atoms with Gasteiger partial charge in [-0.1, -0.05) is 16.8 Å². The summed E-state index contributed by atoms with van der Waals surface area (Å²) in [5.74, 6) is -2.85. The van der Waals surface area contributed by atoms with Gasteiger partial charge in [0, 0.05) is 6.07 Å². The Morgan fingerprint density at radius 3 is 2.76 bits per heavy atom. The van der Waals surface area contributed by atoms with Gasteiger partial charge in [-0.05, 0) is 12.1 Å². The minimum Gasteiger partial charge on any atom is -0.507 e. The van der Waals surface area contributed by atoms with Gasteiger partial charge in [-0.3, -0.25) is 0 Å². The summed E-state index contributed by atoms with van der Waals surface area (Å²) in [5.41, 5.74) is -0.712. The van der Waals surface area contributed by atoms with Gasteiger partial charge in [-0.2, -0.15) is 0 Å². The van der Waals surface area contributed by atoms with Crippen LogP contribution in [-0.2, 0) is 0 Å². The third kappa shape index (κ3) is 1.94. The van der Waals surface area contributed by atoms with Crippen molar-refractivity contribution in [2.24, 2.45) is 0 Å². The molecule has 0 radical (unpaired) electrons. The summed E-state index contributed by atoms with van der Waals surface area (Å²) in [4.78, 5) is 10.6. The zero-order valence-electron chi connectivity index (χ0n) is 8.15. The van der Waals surface area contributed by atoms with E-state index >= 15 is 0 Å². The van der Waals surface area contributed by atoms with E-state index in [0.29, 0.717) is 0 Å². The molecular formula is C10H5ClFNO4. The smallest absolute Gasteiger partial charge is 0.358 e. The van der Waals surface area contributed by atoms with Crippen LogP contribution in [0.25, 0.3) is 11.3 Å². The Morgan fingerprint density at radius 2 is 2.18 bits per heavy atom. The van der Waals surface area contributed by atoms with Crippen molar-refractivity contribution in [1.82, 2.24) is 5.16 Å². The van der Waals surface area contributed by atoms with Gasteiger partial charge in [0.2, 0.25) is 0 Å². The van der Waals surface area contributed by atoms with E-state index < -0.39 is 23.2 Å². The molecule has 0 amide bonds. The first kappa shape index (κ1) is 11.4. The van der Waals surface area contributed by atoms with E-state index in [0.717, 1.165) is 6.07 Å². The lowest BCUT2D eigenvalue weighted by Crippen LogP contribution is -1.94. The first-order chi connectivity index (χ1) is 8.00. The second-order valence-corrected chi connectivity index (χ2v) is 3.54. The van der Waals surface area contributed by atoms with Gasteiger partial charge in [-0.25, -0.2) is 9.18 Å². The third-order valence-corrected chi connectivity index (χ3v) is 2.34. The van der Waals surface area contributed by atoms with Crippen LogP contribution in [0.2, 0.25) is 5.02 Å². The average Bonchev–Trinajstić information content (AvgIpc) is 2.73. The number of rotatable bonds is 2. The van der Waals surface area contributed by atoms with Crippen molar-refractivity contribution < 1.29 is 23.9 Å². The highest BCUT2D eigenvalue weighted by atomic mass is 35.5. The number of benzene rings is 1. The number of aromatic carboxylic acids is 1. The lowest BCUT2D eigenvalue weighted by molar-refractivity contribution is 0.0686. The molecule has 0 aliphatic heterocycles. The summed E-state index contributed by atoms with van der Waals surface area (Å²) in [6, 6.07) is 3.34. The number of aromatic nitrogens is 1. The Kier molecular flexibility index (Phi) is 2.72. The minimum atomic E-state index is -1.32. The molecule has 0 spiro atoms. The van der Waals surface area contributed by atoms with Crippen molar-refractivity contribution in [3.8, 4) is 17.1 Å². The highest BCUT2D eigenvalue weighted by Crippen LogP contribution is 2.35. The molecule has 5 nitrogen and oxygen atoms in total. The van der Waals surface area contributed by atoms with Gasteiger partial charge in [0.15, 0.2) is 17.3 Å². The van der Waals surface area contributed by atoms with Gasteiger partial charge >= 0.3 is 5.97 Å². The third-order valence-electron chi connectivity index (χ3n) is 2.05. The van der Waals surface area contributed by atoms with Gasteiger partial charge in [0.1, 0.15) is 5.75 Å². The molecule has 0 aliphatic rings. The second kappa shape index (κ2) is 4.06. The Labute approximate surface area is 99.0 Å². The lowest BCUT2D eigenvalue weighted by Gasteiger charge is -2.02. The summed E-state index contributed by atoms with van der Waals surface area (Å²) in [7, 11) is 0. The van der Waals surface area contributed by atoms with E-state index in [9.17, 15) is 14.3 Å². The van der Waals surface area contributed by atoms with E-state index in [4.69, 9.17) is 16.7 Å². The van der Waals surface area contributed by atoms with E-state index in [2.05, 4.69) is 9.68 Å². The maximum absolute atomic E-state index is 13.6. The van der Waals surface area contributed by atoms with E-state index in [1.54, 1.807) is 0 Å². The zero-order chi connectivity index (χ0) is 12.6. The Bertz CT molecular complexity index is 596. The fraction of sp³-hybridized carbons (Fsp3) is 0. The number of carboxylic acids is 1. The van der Waals surface area contributed by atoms with Crippen LogP contribution in [0.4, 0.5) is 4.39 Å². The summed E-state index contributed by atoms with van der Waals surface area (Å²) in [6.07, 6.45) is 0. The summed E-state index contributed by atoms with van der Waals surface area (Å²) < 4.78 is 18.3. The predicted octanol–water partition coefficient (Wildman–Crippen LogP) is 2.54. The van der Waals surface area contributed by atoms with Crippen LogP contribution in [0.5, 0.6) is 5.75 Å². The fourth-order valence-electron chi connectivity index (χ4n) is 1.27. The van der Waals surface area contributed by atoms with Gasteiger partial charge < -0.3 is 14.7 Å². The van der Waals surface area contributed by atoms with E-state index in [1.165, 1.54) is 12.1 Å². The van der Waals surface area contributed by atoms with Crippen LogP contribution in [0.1, 0.15) is 10.5 Å². The first-order valence-electron chi connectivity index (χ1n) is 4.38. The molecule has 2 rings (SSSR count). The number of nitrogens with zero attached hydrogens (tertiary/aromatic N) is 1. The van der Waals surface area contributed by atoms with Crippen LogP contribution in [0.15, 0.2) is 22.7 Å². The minimum absolute atomic E-state index is 0.208. The van der Waals surface area contributed by atoms with Gasteiger partial charge in [0.25, 0.3) is 0 Å². The second-order valence-electron chi connectivity index (χ2n) is 3.14. The number of carboxylic acid groups (broad SMARTS) is 1. The van der Waals surface area contributed by atoms with Gasteiger partial charge in [-0.15, -0.1) is 0 Å². The molecule has 17 heavy (non-hydrogen) atoms. The Balaban J connectivity index is 2.60. The molecule has 7 heteroatoms. The first-order valence-corrected chi connectivity index (χ1v) is 4.76. The SMILES string of the molecule is O=C(O)c1cc(-c2c(O)ccc(Cl)c2F)on1. The van der Waals surface area contributed by atoms with Crippen LogP contribution in [0, 0.1) is 5.82 Å². The molecule has 88 valence electrons. The van der Waals surface area contributed by atoms with Crippen molar-refractivity contribution in [2.75, 3.05) is 0 Å². The molecule has 2 N–H and O–H groups in total. The quantitative estimate of drug-likeness (QED) is 0.864. The van der Waals surface area contributed by atoms with Crippen molar-refractivity contribution in [3.05, 3.63) is 34.7 Å². The molecule has 0 unspecified atom stereocenters. The molecule has 0 saturated carbocycles. The van der Waals surface area contributed by atoms with Crippen LogP contribution in [-0.4, -0.2) is 21.3 Å². The monoisotopic (exact) mass is 257 g/mol. The molecule has 0 atom stereocenters. The molecule has 1 heterocycles. The summed E-state index contributed by atoms with van der Waals surface area (Å²) in [6.45, 7) is 0. The molecule has 0 aliphatic carbocycles. The van der Waals surface area contributed by atoms with Crippen molar-refractivity contribution >= 4 is 17.6 Å². The van der Waals surface area contributed by atoms with E-state index in [-0.39, 0.29) is 16.3 Å². The summed E-state index contributed by atoms with van der Waals surface area (Å²) >= 11 is 5.54. The Hall–Kier alpha value is -2.08. The van der Waals surface area contributed by atoms with Gasteiger partial charge in [0.05, 0.1) is 10.6 Å². The molecule has 0 saturated heterocycles. The predicted molar refractivity (Wildman–Crippen MR) is 55.5 cm³/mol. The van der Waals surface area contributed by atoms with Crippen molar-refractivity contribution in [2.45, 2.75) is 0 Å². The van der Waals surface area contributed by atoms with Crippen LogP contribution < -0.4 is 0 Å².